The second kappa shape index (κ2) is 8.96. The zero-order chi connectivity index (χ0) is 19.1. The van der Waals surface area contributed by atoms with Crippen LogP contribution < -0.4 is 19.5 Å². The van der Waals surface area contributed by atoms with E-state index < -0.39 is 11.9 Å². The first-order valence-electron chi connectivity index (χ1n) is 7.62. The number of benzene rings is 2. The fourth-order valence-electron chi connectivity index (χ4n) is 2.16. The van der Waals surface area contributed by atoms with Crippen molar-refractivity contribution in [1.82, 2.24) is 0 Å². The maximum Gasteiger partial charge on any atom is 0.337 e. The molecule has 0 aliphatic heterocycles. The number of rotatable bonds is 8. The largest absolute Gasteiger partial charge is 0.493 e. The van der Waals surface area contributed by atoms with Gasteiger partial charge in [-0.2, -0.15) is 0 Å². The molecule has 0 heterocycles. The fraction of sp³-hybridized carbons (Fsp3) is 0.222. The molecule has 0 radical (unpaired) electrons. The molecule has 2 aromatic rings. The number of aromatic carboxylic acids is 1. The molecule has 0 atom stereocenters. The van der Waals surface area contributed by atoms with Crippen LogP contribution in [0.1, 0.15) is 16.8 Å². The molecule has 2 rings (SSSR count). The maximum atomic E-state index is 12.1. The Balaban J connectivity index is 2.03. The average molecular weight is 380 g/mol. The summed E-state index contributed by atoms with van der Waals surface area (Å²) < 4.78 is 15.7. The maximum absolute atomic E-state index is 12.1. The van der Waals surface area contributed by atoms with Crippen LogP contribution in [0.5, 0.6) is 17.2 Å². The molecule has 8 heteroatoms. The van der Waals surface area contributed by atoms with Gasteiger partial charge in [0.25, 0.3) is 0 Å². The van der Waals surface area contributed by atoms with Gasteiger partial charge in [0.2, 0.25) is 5.91 Å². The molecule has 0 unspecified atom stereocenters. The van der Waals surface area contributed by atoms with Crippen molar-refractivity contribution in [1.29, 1.82) is 0 Å². The number of anilines is 1. The van der Waals surface area contributed by atoms with Crippen molar-refractivity contribution < 1.29 is 28.9 Å². The Bertz CT molecular complexity index is 791. The Morgan fingerprint density at radius 3 is 2.27 bits per heavy atom. The molecular weight excluding hydrogens is 362 g/mol. The van der Waals surface area contributed by atoms with E-state index in [4.69, 9.17) is 25.8 Å². The number of carboxylic acids is 1. The third-order valence-electron chi connectivity index (χ3n) is 3.44. The van der Waals surface area contributed by atoms with Gasteiger partial charge in [-0.05, 0) is 24.3 Å². The topological polar surface area (TPSA) is 94.1 Å². The first-order valence-corrected chi connectivity index (χ1v) is 8.00. The highest BCUT2D eigenvalue weighted by molar-refractivity contribution is 6.30. The molecule has 7 nitrogen and oxygen atoms in total. The molecule has 0 saturated carbocycles. The van der Waals surface area contributed by atoms with Crippen molar-refractivity contribution >= 4 is 29.2 Å². The lowest BCUT2D eigenvalue weighted by atomic mass is 10.1. The number of nitrogens with one attached hydrogen (secondary N) is 1. The van der Waals surface area contributed by atoms with E-state index in [1.165, 1.54) is 26.4 Å². The molecule has 26 heavy (non-hydrogen) atoms. The lowest BCUT2D eigenvalue weighted by Crippen LogP contribution is -2.17. The van der Waals surface area contributed by atoms with Gasteiger partial charge in [0.1, 0.15) is 5.75 Å². The van der Waals surface area contributed by atoms with E-state index in [0.717, 1.165) is 0 Å². The number of carboxylic acid groups (broad SMARTS) is 1. The van der Waals surface area contributed by atoms with E-state index in [1.54, 1.807) is 24.3 Å². The van der Waals surface area contributed by atoms with E-state index in [9.17, 15) is 14.7 Å². The highest BCUT2D eigenvalue weighted by Gasteiger charge is 2.18. The van der Waals surface area contributed by atoms with Gasteiger partial charge in [-0.3, -0.25) is 4.79 Å². The summed E-state index contributed by atoms with van der Waals surface area (Å²) in [6.45, 7) is 0.128. The van der Waals surface area contributed by atoms with Crippen molar-refractivity contribution in [2.45, 2.75) is 6.42 Å². The Morgan fingerprint density at radius 2 is 1.69 bits per heavy atom. The average Bonchev–Trinajstić information content (AvgIpc) is 2.62. The predicted octanol–water partition coefficient (Wildman–Crippen LogP) is 3.46. The first kappa shape index (κ1) is 19.4. The first-order chi connectivity index (χ1) is 12.4. The smallest absolute Gasteiger partial charge is 0.337 e. The molecule has 0 fully saturated rings. The van der Waals surface area contributed by atoms with Gasteiger partial charge >= 0.3 is 5.97 Å². The number of carbonyl (C=O) groups is 2. The molecular formula is C18H18ClNO6. The molecule has 0 aromatic heterocycles. The van der Waals surface area contributed by atoms with Gasteiger partial charge in [-0.25, -0.2) is 4.79 Å². The molecule has 1 amide bonds. The number of carbonyl (C=O) groups excluding carboxylic acids is 1. The predicted molar refractivity (Wildman–Crippen MR) is 96.7 cm³/mol. The zero-order valence-electron chi connectivity index (χ0n) is 14.2. The van der Waals surface area contributed by atoms with Gasteiger partial charge in [-0.15, -0.1) is 0 Å². The van der Waals surface area contributed by atoms with Crippen molar-refractivity contribution in [3.05, 3.63) is 47.0 Å². The lowest BCUT2D eigenvalue weighted by molar-refractivity contribution is -0.116. The molecule has 0 spiro atoms. The van der Waals surface area contributed by atoms with Crippen LogP contribution in [-0.2, 0) is 4.79 Å². The van der Waals surface area contributed by atoms with Gasteiger partial charge < -0.3 is 24.6 Å². The highest BCUT2D eigenvalue weighted by Crippen LogP contribution is 2.33. The summed E-state index contributed by atoms with van der Waals surface area (Å²) in [5.41, 5.74) is 0.0151. The van der Waals surface area contributed by atoms with Gasteiger partial charge in [0.15, 0.2) is 11.5 Å². The number of halogens is 1. The van der Waals surface area contributed by atoms with Crippen LogP contribution in [0.3, 0.4) is 0 Å². The van der Waals surface area contributed by atoms with Crippen molar-refractivity contribution in [2.24, 2.45) is 0 Å². The van der Waals surface area contributed by atoms with Crippen LogP contribution >= 0.6 is 11.6 Å². The fourth-order valence-corrected chi connectivity index (χ4v) is 2.29. The number of hydrogen-bond donors (Lipinski definition) is 2. The molecule has 0 saturated heterocycles. The Labute approximate surface area is 155 Å². The van der Waals surface area contributed by atoms with E-state index in [2.05, 4.69) is 5.32 Å². The number of amides is 1. The highest BCUT2D eigenvalue weighted by atomic mass is 35.5. The van der Waals surface area contributed by atoms with E-state index in [0.29, 0.717) is 16.5 Å². The quantitative estimate of drug-likeness (QED) is 0.729. The second-order valence-corrected chi connectivity index (χ2v) is 5.59. The van der Waals surface area contributed by atoms with Gasteiger partial charge in [0.05, 0.1) is 38.5 Å². The summed E-state index contributed by atoms with van der Waals surface area (Å²) >= 11 is 5.79. The summed E-state index contributed by atoms with van der Waals surface area (Å²) in [6, 6.07) is 9.44. The molecule has 2 N–H and O–H groups in total. The summed E-state index contributed by atoms with van der Waals surface area (Å²) in [5, 5.41) is 12.5. The van der Waals surface area contributed by atoms with Crippen LogP contribution in [0.2, 0.25) is 5.02 Å². The van der Waals surface area contributed by atoms with Crippen molar-refractivity contribution in [3.63, 3.8) is 0 Å². The van der Waals surface area contributed by atoms with Crippen LogP contribution in [0.15, 0.2) is 36.4 Å². The van der Waals surface area contributed by atoms with Crippen LogP contribution in [0.25, 0.3) is 0 Å². The third kappa shape index (κ3) is 5.03. The van der Waals surface area contributed by atoms with Gasteiger partial charge in [0, 0.05) is 17.2 Å². The number of methoxy groups -OCH3 is 2. The Hall–Kier alpha value is -2.93. The molecule has 0 aliphatic rings. The van der Waals surface area contributed by atoms with E-state index in [-0.39, 0.29) is 30.0 Å². The molecule has 0 aliphatic carbocycles. The summed E-state index contributed by atoms with van der Waals surface area (Å²) in [7, 11) is 2.82. The monoisotopic (exact) mass is 379 g/mol. The van der Waals surface area contributed by atoms with E-state index in [1.807, 2.05) is 0 Å². The van der Waals surface area contributed by atoms with Gasteiger partial charge in [-0.1, -0.05) is 11.6 Å². The molecule has 0 bridgehead atoms. The summed E-state index contributed by atoms with van der Waals surface area (Å²) in [4.78, 5) is 23.5. The molecule has 138 valence electrons. The zero-order valence-corrected chi connectivity index (χ0v) is 15.0. The number of hydrogen-bond acceptors (Lipinski definition) is 5. The molecule has 2 aromatic carbocycles. The summed E-state index contributed by atoms with van der Waals surface area (Å²) in [5.74, 6) is -0.439. The minimum Gasteiger partial charge on any atom is -0.493 e. The normalized spacial score (nSPS) is 10.1. The van der Waals surface area contributed by atoms with Crippen molar-refractivity contribution in [3.8, 4) is 17.2 Å². The SMILES string of the molecule is COc1cc(NC(=O)CCOc2ccc(Cl)cc2)c(C(=O)O)cc1OC. The van der Waals surface area contributed by atoms with Crippen LogP contribution in [-0.4, -0.2) is 37.8 Å². The lowest BCUT2D eigenvalue weighted by Gasteiger charge is -2.14. The van der Waals surface area contributed by atoms with Crippen LogP contribution in [0.4, 0.5) is 5.69 Å². The standard InChI is InChI=1S/C18H18ClNO6/c1-24-15-9-13(18(22)23)14(10-16(15)25-2)20-17(21)7-8-26-12-5-3-11(19)4-6-12/h3-6,9-10H,7-8H2,1-2H3,(H,20,21)(H,22,23). The third-order valence-corrected chi connectivity index (χ3v) is 3.69. The number of ether oxygens (including phenoxy) is 3. The van der Waals surface area contributed by atoms with Crippen molar-refractivity contribution in [2.75, 3.05) is 26.1 Å². The Kier molecular flexibility index (Phi) is 6.68. The minimum atomic E-state index is -1.20. The second-order valence-electron chi connectivity index (χ2n) is 5.16. The van der Waals surface area contributed by atoms with E-state index >= 15 is 0 Å². The minimum absolute atomic E-state index is 0.0377. The summed E-state index contributed by atoms with van der Waals surface area (Å²) in [6.07, 6.45) is 0.0377. The Morgan fingerprint density at radius 1 is 1.08 bits per heavy atom. The van der Waals surface area contributed by atoms with Crippen LogP contribution in [0, 0.1) is 0 Å².